The van der Waals surface area contributed by atoms with Crippen LogP contribution in [0.4, 0.5) is 0 Å². The molecule has 0 amide bonds. The van der Waals surface area contributed by atoms with Gasteiger partial charge in [0.1, 0.15) is 11.4 Å². The lowest BCUT2D eigenvalue weighted by atomic mass is 9.93. The topological polar surface area (TPSA) is 83.1 Å². The number of ether oxygens (including phenoxy) is 1. The Balaban J connectivity index is 1.81. The van der Waals surface area contributed by atoms with Crippen molar-refractivity contribution in [2.24, 2.45) is 0 Å². The van der Waals surface area contributed by atoms with E-state index in [0.29, 0.717) is 11.3 Å². The van der Waals surface area contributed by atoms with Gasteiger partial charge in [-0.3, -0.25) is 0 Å². The number of fused-ring (bicyclic) bond motifs is 3. The van der Waals surface area contributed by atoms with E-state index >= 15 is 0 Å². The number of aromatic nitrogens is 1. The van der Waals surface area contributed by atoms with Crippen molar-refractivity contribution in [3.05, 3.63) is 53.2 Å². The lowest BCUT2D eigenvalue weighted by Crippen LogP contribution is -2.39. The van der Waals surface area contributed by atoms with Crippen molar-refractivity contribution < 1.29 is 13.2 Å². The van der Waals surface area contributed by atoms with Gasteiger partial charge >= 0.3 is 0 Å². The first-order valence-corrected chi connectivity index (χ1v) is 9.39. The Kier molecular flexibility index (Phi) is 3.24. The number of rotatable bonds is 2. The molecule has 2 aliphatic heterocycles. The van der Waals surface area contributed by atoms with Gasteiger partial charge in [0.15, 0.2) is 5.03 Å². The number of nitriles is 1. The maximum absolute atomic E-state index is 13.1. The van der Waals surface area contributed by atoms with Gasteiger partial charge in [0.2, 0.25) is 0 Å². The van der Waals surface area contributed by atoms with E-state index in [0.717, 1.165) is 11.1 Å². The van der Waals surface area contributed by atoms with Crippen LogP contribution < -0.4 is 4.74 Å². The molecule has 0 bridgehead atoms. The molecular weight excluding hydrogens is 338 g/mol. The van der Waals surface area contributed by atoms with Crippen LogP contribution in [0.1, 0.15) is 36.6 Å². The fraction of sp³-hybridized carbons (Fsp3) is 0.333. The minimum absolute atomic E-state index is 0.0290. The molecule has 25 heavy (non-hydrogen) atoms. The van der Waals surface area contributed by atoms with Gasteiger partial charge in [0.25, 0.3) is 10.0 Å². The third-order valence-electron chi connectivity index (χ3n) is 4.73. The summed E-state index contributed by atoms with van der Waals surface area (Å²) in [6.45, 7) is 5.62. The van der Waals surface area contributed by atoms with Gasteiger partial charge in [0.05, 0.1) is 23.7 Å². The molecule has 6 nitrogen and oxygen atoms in total. The molecule has 3 unspecified atom stereocenters. The summed E-state index contributed by atoms with van der Waals surface area (Å²) in [4.78, 5) is 4.08. The largest absolute Gasteiger partial charge is 0.486 e. The summed E-state index contributed by atoms with van der Waals surface area (Å²) in [6, 6.07) is 9.82. The predicted octanol–water partition coefficient (Wildman–Crippen LogP) is 2.55. The maximum atomic E-state index is 13.1. The van der Waals surface area contributed by atoms with E-state index in [1.165, 1.54) is 10.4 Å². The second-order valence-corrected chi connectivity index (χ2v) is 8.76. The minimum Gasteiger partial charge on any atom is -0.486 e. The Hall–Kier alpha value is -2.43. The lowest BCUT2D eigenvalue weighted by molar-refractivity contribution is 0.0903. The van der Waals surface area contributed by atoms with Crippen molar-refractivity contribution >= 4 is 10.0 Å². The van der Waals surface area contributed by atoms with Gasteiger partial charge in [-0.1, -0.05) is 6.07 Å². The first-order valence-electron chi connectivity index (χ1n) is 7.95. The molecule has 1 aromatic heterocycles. The second-order valence-electron chi connectivity index (χ2n) is 6.97. The van der Waals surface area contributed by atoms with Gasteiger partial charge in [-0.2, -0.15) is 9.57 Å². The fourth-order valence-electron chi connectivity index (χ4n) is 3.50. The van der Waals surface area contributed by atoms with Gasteiger partial charge in [-0.05, 0) is 50.6 Å². The summed E-state index contributed by atoms with van der Waals surface area (Å²) < 4.78 is 33.6. The highest BCUT2D eigenvalue weighted by Crippen LogP contribution is 2.58. The number of pyridine rings is 1. The second kappa shape index (κ2) is 5.04. The molecule has 2 aromatic rings. The summed E-state index contributed by atoms with van der Waals surface area (Å²) in [7, 11) is -3.74. The predicted molar refractivity (Wildman–Crippen MR) is 90.4 cm³/mol. The van der Waals surface area contributed by atoms with Crippen LogP contribution in [0.2, 0.25) is 0 Å². The molecule has 1 aromatic carbocycles. The highest BCUT2D eigenvalue weighted by molar-refractivity contribution is 7.89. The zero-order chi connectivity index (χ0) is 18.0. The van der Waals surface area contributed by atoms with Crippen molar-refractivity contribution in [3.63, 3.8) is 0 Å². The molecule has 0 aliphatic carbocycles. The summed E-state index contributed by atoms with van der Waals surface area (Å²) >= 11 is 0. The van der Waals surface area contributed by atoms with Crippen LogP contribution in [0, 0.1) is 18.3 Å². The SMILES string of the molecule is Cc1ccc(S(=O)(=O)N2C3c4cc(C#N)ccc4OC(C)(C)C32)nc1. The van der Waals surface area contributed by atoms with E-state index < -0.39 is 15.6 Å². The first-order chi connectivity index (χ1) is 11.8. The van der Waals surface area contributed by atoms with Crippen molar-refractivity contribution in [2.45, 2.75) is 43.5 Å². The van der Waals surface area contributed by atoms with Crippen LogP contribution >= 0.6 is 0 Å². The number of benzene rings is 1. The number of hydrogen-bond acceptors (Lipinski definition) is 5. The molecule has 7 heteroatoms. The van der Waals surface area contributed by atoms with E-state index in [-0.39, 0.29) is 17.1 Å². The van der Waals surface area contributed by atoms with E-state index in [1.54, 1.807) is 30.5 Å². The Bertz CT molecular complexity index is 1010. The molecule has 128 valence electrons. The molecule has 1 saturated heterocycles. The molecule has 4 rings (SSSR count). The van der Waals surface area contributed by atoms with Gasteiger partial charge in [-0.25, -0.2) is 13.4 Å². The Morgan fingerprint density at radius 2 is 2.04 bits per heavy atom. The molecule has 3 atom stereocenters. The minimum atomic E-state index is -3.74. The molecular formula is C18H17N3O3S. The molecule has 0 saturated carbocycles. The number of sulfonamides is 1. The lowest BCUT2D eigenvalue weighted by Gasteiger charge is -2.30. The summed E-state index contributed by atoms with van der Waals surface area (Å²) in [5.41, 5.74) is 1.45. The standard InChI is InChI=1S/C18H17N3O3S/c1-11-4-7-15(20-10-11)25(22,23)21-16-13-8-12(9-19)5-6-14(13)24-18(2,3)17(16)21/h4-8,10,16-17H,1-3H3. The van der Waals surface area contributed by atoms with Crippen molar-refractivity contribution in [1.82, 2.24) is 9.29 Å². The summed E-state index contributed by atoms with van der Waals surface area (Å²) in [6.07, 6.45) is 1.55. The molecule has 3 heterocycles. The monoisotopic (exact) mass is 355 g/mol. The van der Waals surface area contributed by atoms with Crippen LogP contribution in [0.15, 0.2) is 41.6 Å². The Labute approximate surface area is 146 Å². The van der Waals surface area contributed by atoms with E-state index in [4.69, 9.17) is 10.00 Å². The summed E-state index contributed by atoms with van der Waals surface area (Å²) in [5.74, 6) is 0.625. The third kappa shape index (κ3) is 2.33. The van der Waals surface area contributed by atoms with Gasteiger partial charge in [0, 0.05) is 11.8 Å². The molecule has 0 N–H and O–H groups in total. The summed E-state index contributed by atoms with van der Waals surface area (Å²) in [5, 5.41) is 9.17. The third-order valence-corrected chi connectivity index (χ3v) is 6.51. The van der Waals surface area contributed by atoms with E-state index in [2.05, 4.69) is 11.1 Å². The number of aryl methyl sites for hydroxylation is 1. The first kappa shape index (κ1) is 16.1. The number of hydrogen-bond donors (Lipinski definition) is 0. The highest BCUT2D eigenvalue weighted by Gasteiger charge is 2.66. The quantitative estimate of drug-likeness (QED) is 0.773. The van der Waals surface area contributed by atoms with Crippen molar-refractivity contribution in [3.8, 4) is 11.8 Å². The number of nitrogens with zero attached hydrogens (tertiary/aromatic N) is 3. The van der Waals surface area contributed by atoms with Crippen molar-refractivity contribution in [1.29, 1.82) is 5.26 Å². The molecule has 2 aliphatic rings. The van der Waals surface area contributed by atoms with Gasteiger partial charge < -0.3 is 4.74 Å². The molecule has 1 fully saturated rings. The maximum Gasteiger partial charge on any atom is 0.261 e. The zero-order valence-corrected chi connectivity index (χ0v) is 14.9. The molecule has 0 radical (unpaired) electrons. The fourth-order valence-corrected chi connectivity index (χ4v) is 5.29. The Morgan fingerprint density at radius 3 is 2.68 bits per heavy atom. The zero-order valence-electron chi connectivity index (χ0n) is 14.1. The van der Waals surface area contributed by atoms with Crippen molar-refractivity contribution in [2.75, 3.05) is 0 Å². The van der Waals surface area contributed by atoms with E-state index in [1.807, 2.05) is 20.8 Å². The van der Waals surface area contributed by atoms with Crippen LogP contribution in [-0.4, -0.2) is 29.3 Å². The van der Waals surface area contributed by atoms with Crippen LogP contribution in [0.3, 0.4) is 0 Å². The van der Waals surface area contributed by atoms with E-state index in [9.17, 15) is 8.42 Å². The molecule has 0 spiro atoms. The van der Waals surface area contributed by atoms with Crippen LogP contribution in [0.25, 0.3) is 0 Å². The average molecular weight is 355 g/mol. The van der Waals surface area contributed by atoms with Gasteiger partial charge in [-0.15, -0.1) is 0 Å². The normalized spacial score (nSPS) is 25.9. The smallest absolute Gasteiger partial charge is 0.261 e. The van der Waals surface area contributed by atoms with Crippen LogP contribution in [0.5, 0.6) is 5.75 Å². The highest BCUT2D eigenvalue weighted by atomic mass is 32.2. The Morgan fingerprint density at radius 1 is 1.28 bits per heavy atom. The average Bonchev–Trinajstić information content (AvgIpc) is 3.33. The van der Waals surface area contributed by atoms with Crippen LogP contribution in [-0.2, 0) is 10.0 Å².